The van der Waals surface area contributed by atoms with Crippen molar-refractivity contribution in [1.82, 2.24) is 0 Å². The van der Waals surface area contributed by atoms with E-state index in [-0.39, 0.29) is 11.5 Å². The van der Waals surface area contributed by atoms with E-state index in [9.17, 15) is 5.11 Å². The van der Waals surface area contributed by atoms with Gasteiger partial charge in [0.1, 0.15) is 0 Å². The Kier molecular flexibility index (Phi) is 5.87. The molecule has 2 fully saturated rings. The van der Waals surface area contributed by atoms with Crippen LogP contribution in [0, 0.1) is 39.9 Å². The minimum atomic E-state index is -0.123. The molecule has 30 heavy (non-hydrogen) atoms. The van der Waals surface area contributed by atoms with Crippen LogP contribution in [0.4, 0.5) is 0 Å². The molecular formula is C29H48O. The van der Waals surface area contributed by atoms with Crippen LogP contribution < -0.4 is 0 Å². The van der Waals surface area contributed by atoms with Gasteiger partial charge in [0, 0.05) is 0 Å². The Bertz CT molecular complexity index is 723. The number of aliphatic hydroxyl groups excluding tert-OH is 1. The zero-order chi connectivity index (χ0) is 21.9. The van der Waals surface area contributed by atoms with Crippen LogP contribution in [0.5, 0.6) is 0 Å². The molecule has 2 saturated carbocycles. The lowest BCUT2D eigenvalue weighted by Crippen LogP contribution is -2.53. The van der Waals surface area contributed by atoms with Crippen LogP contribution in [0.2, 0.25) is 0 Å². The predicted molar refractivity (Wildman–Crippen MR) is 128 cm³/mol. The monoisotopic (exact) mass is 412 g/mol. The quantitative estimate of drug-likeness (QED) is 0.462. The molecule has 0 heterocycles. The van der Waals surface area contributed by atoms with Gasteiger partial charge in [0.25, 0.3) is 0 Å². The molecule has 0 amide bonds. The van der Waals surface area contributed by atoms with Crippen LogP contribution in [0.15, 0.2) is 22.8 Å². The van der Waals surface area contributed by atoms with Gasteiger partial charge in [-0.2, -0.15) is 0 Å². The first-order chi connectivity index (χ1) is 14.0. The summed E-state index contributed by atoms with van der Waals surface area (Å²) in [5, 5.41) is 10.8. The van der Waals surface area contributed by atoms with Crippen molar-refractivity contribution in [3.8, 4) is 0 Å². The molecule has 1 N–H and O–H groups in total. The summed E-state index contributed by atoms with van der Waals surface area (Å²) < 4.78 is 0. The zero-order valence-corrected chi connectivity index (χ0v) is 21.0. The average molecular weight is 413 g/mol. The summed E-state index contributed by atoms with van der Waals surface area (Å²) in [4.78, 5) is 0. The number of allylic oxidation sites excluding steroid dienone is 4. The zero-order valence-electron chi connectivity index (χ0n) is 21.0. The molecule has 4 aliphatic rings. The van der Waals surface area contributed by atoms with E-state index in [4.69, 9.17) is 0 Å². The highest BCUT2D eigenvalue weighted by atomic mass is 16.3. The SMILES string of the molecule is CC(C)=CCC[C@@H](C)[C@H]1CC[C@@]2(C)C3=C(CC[C@H]12)[C@@]1(C)CC[C@H](O)C(C)(C)[C@@H]1CC3. The summed E-state index contributed by atoms with van der Waals surface area (Å²) >= 11 is 0. The molecule has 7 atom stereocenters. The van der Waals surface area contributed by atoms with Crippen LogP contribution >= 0.6 is 0 Å². The molecule has 0 aromatic heterocycles. The van der Waals surface area contributed by atoms with Gasteiger partial charge in [-0.05, 0) is 118 Å². The fourth-order valence-corrected chi connectivity index (χ4v) is 9.00. The van der Waals surface area contributed by atoms with E-state index in [1.807, 2.05) is 11.1 Å². The highest BCUT2D eigenvalue weighted by molar-refractivity contribution is 5.37. The smallest absolute Gasteiger partial charge is 0.0594 e. The third kappa shape index (κ3) is 3.37. The standard InChI is InChI=1S/C29H48O/c1-19(2)9-8-10-20(3)21-15-17-28(6)22(21)11-12-24-23(28)13-14-25-27(4,5)26(30)16-18-29(24,25)7/h9,20-22,25-26,30H,8,10-18H2,1-7H3/t20-,21-,22-,25+,26+,28-,29-/m1/s1. The van der Waals surface area contributed by atoms with Gasteiger partial charge in [-0.3, -0.25) is 0 Å². The Labute approximate surface area is 186 Å². The summed E-state index contributed by atoms with van der Waals surface area (Å²) in [7, 11) is 0. The Hall–Kier alpha value is -0.560. The van der Waals surface area contributed by atoms with Gasteiger partial charge >= 0.3 is 0 Å². The van der Waals surface area contributed by atoms with Crippen molar-refractivity contribution in [3.05, 3.63) is 22.8 Å². The van der Waals surface area contributed by atoms with Crippen LogP contribution in [0.25, 0.3) is 0 Å². The van der Waals surface area contributed by atoms with E-state index in [1.165, 1.54) is 63.4 Å². The largest absolute Gasteiger partial charge is 0.393 e. The van der Waals surface area contributed by atoms with Gasteiger partial charge in [0.05, 0.1) is 6.10 Å². The van der Waals surface area contributed by atoms with Crippen molar-refractivity contribution >= 4 is 0 Å². The molecule has 0 spiro atoms. The highest BCUT2D eigenvalue weighted by Crippen LogP contribution is 2.68. The second-order valence-electron chi connectivity index (χ2n) is 12.9. The number of aliphatic hydroxyl groups is 1. The minimum absolute atomic E-state index is 0.0565. The summed E-state index contributed by atoms with van der Waals surface area (Å²) in [6.07, 6.45) is 15.3. The van der Waals surface area contributed by atoms with Crippen molar-refractivity contribution in [1.29, 1.82) is 0 Å². The van der Waals surface area contributed by atoms with Gasteiger partial charge in [0.2, 0.25) is 0 Å². The molecule has 0 aromatic rings. The topological polar surface area (TPSA) is 20.2 Å². The van der Waals surface area contributed by atoms with E-state index in [0.29, 0.717) is 16.7 Å². The first kappa shape index (κ1) is 22.6. The Balaban J connectivity index is 1.59. The first-order valence-electron chi connectivity index (χ1n) is 13.1. The molecule has 0 radical (unpaired) electrons. The maximum absolute atomic E-state index is 10.8. The van der Waals surface area contributed by atoms with Crippen LogP contribution in [0.1, 0.15) is 113 Å². The molecule has 4 rings (SSSR count). The van der Waals surface area contributed by atoms with Crippen molar-refractivity contribution in [3.63, 3.8) is 0 Å². The predicted octanol–water partition coefficient (Wildman–Crippen LogP) is 8.09. The molecule has 4 aliphatic carbocycles. The van der Waals surface area contributed by atoms with E-state index in [1.54, 1.807) is 0 Å². The Morgan fingerprint density at radius 1 is 0.967 bits per heavy atom. The maximum Gasteiger partial charge on any atom is 0.0594 e. The fourth-order valence-electron chi connectivity index (χ4n) is 9.00. The van der Waals surface area contributed by atoms with Crippen molar-refractivity contribution in [2.75, 3.05) is 0 Å². The summed E-state index contributed by atoms with van der Waals surface area (Å²) in [5.74, 6) is 3.32. The fraction of sp³-hybridized carbons (Fsp3) is 0.862. The maximum atomic E-state index is 10.8. The van der Waals surface area contributed by atoms with E-state index >= 15 is 0 Å². The number of rotatable bonds is 4. The van der Waals surface area contributed by atoms with Crippen molar-refractivity contribution < 1.29 is 5.11 Å². The highest BCUT2D eigenvalue weighted by Gasteiger charge is 2.59. The molecule has 0 saturated heterocycles. The molecular weight excluding hydrogens is 364 g/mol. The molecule has 1 nitrogen and oxygen atoms in total. The number of hydrogen-bond acceptors (Lipinski definition) is 1. The number of fused-ring (bicyclic) bond motifs is 4. The van der Waals surface area contributed by atoms with Gasteiger partial charge in [-0.1, -0.05) is 57.4 Å². The number of hydrogen-bond donors (Lipinski definition) is 1. The first-order valence-corrected chi connectivity index (χ1v) is 13.1. The lowest BCUT2D eigenvalue weighted by atomic mass is 9.45. The molecule has 0 aliphatic heterocycles. The molecule has 170 valence electrons. The van der Waals surface area contributed by atoms with Gasteiger partial charge < -0.3 is 5.11 Å². The van der Waals surface area contributed by atoms with Crippen LogP contribution in [-0.2, 0) is 0 Å². The molecule has 0 bridgehead atoms. The van der Waals surface area contributed by atoms with Crippen molar-refractivity contribution in [2.45, 2.75) is 119 Å². The van der Waals surface area contributed by atoms with Gasteiger partial charge in [0.15, 0.2) is 0 Å². The normalized spacial score (nSPS) is 43.5. The van der Waals surface area contributed by atoms with E-state index < -0.39 is 0 Å². The molecule has 1 heteroatoms. The molecule has 0 unspecified atom stereocenters. The Morgan fingerprint density at radius 2 is 1.60 bits per heavy atom. The molecule has 0 aromatic carbocycles. The lowest BCUT2D eigenvalue weighted by Gasteiger charge is -2.60. The van der Waals surface area contributed by atoms with Gasteiger partial charge in [-0.25, -0.2) is 0 Å². The third-order valence-corrected chi connectivity index (χ3v) is 10.8. The van der Waals surface area contributed by atoms with Crippen LogP contribution in [0.3, 0.4) is 0 Å². The summed E-state index contributed by atoms with van der Waals surface area (Å²) in [6.45, 7) is 16.9. The van der Waals surface area contributed by atoms with Crippen molar-refractivity contribution in [2.24, 2.45) is 39.9 Å². The second-order valence-corrected chi connectivity index (χ2v) is 12.9. The average Bonchev–Trinajstić information content (AvgIpc) is 3.02. The van der Waals surface area contributed by atoms with Crippen LogP contribution in [-0.4, -0.2) is 11.2 Å². The second kappa shape index (κ2) is 7.79. The summed E-state index contributed by atoms with van der Waals surface area (Å²) in [5.41, 5.74) is 6.06. The van der Waals surface area contributed by atoms with Gasteiger partial charge in [-0.15, -0.1) is 0 Å². The Morgan fingerprint density at radius 3 is 2.30 bits per heavy atom. The third-order valence-electron chi connectivity index (χ3n) is 10.8. The van der Waals surface area contributed by atoms with E-state index in [2.05, 4.69) is 54.5 Å². The minimum Gasteiger partial charge on any atom is -0.393 e. The summed E-state index contributed by atoms with van der Waals surface area (Å²) in [6, 6.07) is 0. The van der Waals surface area contributed by atoms with E-state index in [0.717, 1.165) is 24.2 Å². The lowest BCUT2D eigenvalue weighted by molar-refractivity contribution is -0.0931.